The molecule has 10 aromatic rings. The molecule has 2 aliphatic heterocycles. The molecule has 0 aliphatic carbocycles. The normalized spacial score (nSPS) is 14.5. The van der Waals surface area contributed by atoms with Crippen LogP contribution >= 0.6 is 0 Å². The molecule has 4 nitrogen and oxygen atoms in total. The Morgan fingerprint density at radius 2 is 0.818 bits per heavy atom. The van der Waals surface area contributed by atoms with Crippen molar-refractivity contribution in [2.45, 2.75) is 183 Å². The average molecular weight is 1020 g/mol. The number of anilines is 2. The number of hydrogen-bond acceptors (Lipinski definition) is 2. The fourth-order valence-electron chi connectivity index (χ4n) is 12.7. The van der Waals surface area contributed by atoms with E-state index in [1.165, 1.54) is 121 Å². The third-order valence-corrected chi connectivity index (χ3v) is 17.5. The maximum absolute atomic E-state index is 7.68. The zero-order valence-electron chi connectivity index (χ0n) is 50.3. The van der Waals surface area contributed by atoms with Crippen LogP contribution in [0.2, 0.25) is 0 Å². The van der Waals surface area contributed by atoms with Crippen LogP contribution < -0.4 is 15.7 Å². The molecule has 0 N–H and O–H groups in total. The smallest absolute Gasteiger partial charge is 0.333 e. The summed E-state index contributed by atoms with van der Waals surface area (Å²) in [4.78, 5) is 2.70. The Morgan fingerprint density at radius 1 is 0.364 bits per heavy atom. The quantitative estimate of drug-likeness (QED) is 0.161. The van der Waals surface area contributed by atoms with Crippen molar-refractivity contribution in [1.82, 2.24) is 9.13 Å². The van der Waals surface area contributed by atoms with Crippen LogP contribution in [-0.2, 0) is 37.9 Å². The Balaban J connectivity index is 1.28. The molecule has 0 bridgehead atoms. The highest BCUT2D eigenvalue weighted by Gasteiger charge is 2.48. The summed E-state index contributed by atoms with van der Waals surface area (Å²) >= 11 is 0. The zero-order chi connectivity index (χ0) is 55.4. The van der Waals surface area contributed by atoms with E-state index in [1.54, 1.807) is 0 Å². The minimum Gasteiger partial charge on any atom is -0.454 e. The van der Waals surface area contributed by atoms with Crippen molar-refractivity contribution in [3.63, 3.8) is 0 Å². The molecule has 0 unspecified atom stereocenters. The monoisotopic (exact) mass is 1020 g/mol. The fraction of sp³-hybridized carbons (Fsp3) is 0.389. The van der Waals surface area contributed by atoms with Gasteiger partial charge in [-0.3, -0.25) is 0 Å². The van der Waals surface area contributed by atoms with Crippen LogP contribution in [-0.4, -0.2) is 16.0 Å². The summed E-state index contributed by atoms with van der Waals surface area (Å²) in [5.74, 6) is 0.954. The molecule has 394 valence electrons. The summed E-state index contributed by atoms with van der Waals surface area (Å²) in [5.41, 5.74) is 23.2. The van der Waals surface area contributed by atoms with Gasteiger partial charge >= 0.3 is 6.85 Å². The van der Waals surface area contributed by atoms with E-state index in [0.29, 0.717) is 0 Å². The maximum atomic E-state index is 7.68. The van der Waals surface area contributed by atoms with Crippen molar-refractivity contribution in [3.8, 4) is 22.7 Å². The van der Waals surface area contributed by atoms with Gasteiger partial charge in [0.15, 0.2) is 5.76 Å². The van der Waals surface area contributed by atoms with Crippen LogP contribution in [0.15, 0.2) is 120 Å². The highest BCUT2D eigenvalue weighted by atomic mass is 16.3. The molecule has 5 heteroatoms. The molecule has 12 rings (SSSR count). The summed E-state index contributed by atoms with van der Waals surface area (Å²) in [6.07, 6.45) is 0. The lowest BCUT2D eigenvalue weighted by atomic mass is 9.43. The lowest BCUT2D eigenvalue weighted by Crippen LogP contribution is -2.60. The van der Waals surface area contributed by atoms with E-state index in [2.05, 4.69) is 275 Å². The van der Waals surface area contributed by atoms with E-state index in [-0.39, 0.29) is 44.8 Å². The molecular weight excluding hydrogens is 934 g/mol. The summed E-state index contributed by atoms with van der Waals surface area (Å²) in [7, 11) is 0. The number of fused-ring (bicyclic) bond motifs is 12. The van der Waals surface area contributed by atoms with E-state index < -0.39 is 0 Å². The van der Waals surface area contributed by atoms with Gasteiger partial charge in [0.2, 0.25) is 0 Å². The molecule has 2 aliphatic rings. The zero-order valence-corrected chi connectivity index (χ0v) is 50.3. The van der Waals surface area contributed by atoms with Gasteiger partial charge in [-0.1, -0.05) is 188 Å². The second-order valence-corrected chi connectivity index (χ2v) is 30.5. The first kappa shape index (κ1) is 51.3. The summed E-state index contributed by atoms with van der Waals surface area (Å²) in [5, 5.41) is 6.29. The van der Waals surface area contributed by atoms with Crippen LogP contribution in [0.4, 0.5) is 11.4 Å². The minimum atomic E-state index is -0.170. The Morgan fingerprint density at radius 3 is 1.36 bits per heavy atom. The van der Waals surface area contributed by atoms with Crippen LogP contribution in [0.1, 0.15) is 184 Å². The van der Waals surface area contributed by atoms with Crippen molar-refractivity contribution in [2.75, 3.05) is 4.81 Å². The number of aromatic nitrogens is 2. The molecule has 7 aromatic carbocycles. The topological polar surface area (TPSA) is 26.2 Å². The van der Waals surface area contributed by atoms with Gasteiger partial charge in [-0.2, -0.15) is 0 Å². The molecule has 0 radical (unpaired) electrons. The minimum absolute atomic E-state index is 0.000179. The molecule has 0 fully saturated rings. The van der Waals surface area contributed by atoms with Crippen molar-refractivity contribution >= 4 is 83.7 Å². The molecule has 0 amide bonds. The van der Waals surface area contributed by atoms with Crippen LogP contribution in [0.3, 0.4) is 0 Å². The molecular formula is C72H82BN3O. The predicted octanol–water partition coefficient (Wildman–Crippen LogP) is 18.9. The third-order valence-electron chi connectivity index (χ3n) is 17.5. The van der Waals surface area contributed by atoms with Crippen molar-refractivity contribution < 1.29 is 4.42 Å². The largest absolute Gasteiger partial charge is 0.454 e. The van der Waals surface area contributed by atoms with Crippen LogP contribution in [0, 0.1) is 0 Å². The van der Waals surface area contributed by atoms with E-state index in [4.69, 9.17) is 4.42 Å². The second-order valence-electron chi connectivity index (χ2n) is 30.5. The standard InChI is InChI=1S/C72H82BN3O/c1-66(2,3)41-22-27-47(28-23-41)74-57-31-26-43(68(7,8)9)32-49(57)50-39-59-51(40-58(50)74)52-33-45(70(13,14)15)37-56-62(52)75(59)60-38-46(71(16,17)18)34-53-61(60)73(56)76(48-29-24-42(25-30-48)67(4,5)6)63-54-35-44(69(10,11)12)36-55(72(19,20)21)64(54)77-65(53)63/h22-40H,1-21H3. The SMILES string of the molecule is CC(C)(C)c1ccc(N2B3c4c(cc(C(C)(C)C)cc4-n4c5cc6c7cc(C(C)(C)C)ccc7n(-c7ccc(C(C)(C)C)cc7)c6cc5c5cc(C(C)(C)C)cc3c54)-c3oc4c(C(C)(C)C)cc(C(C)(C)C)cc4c32)cc1. The average Bonchev–Trinajstić information content (AvgIpc) is 4.23. The van der Waals surface area contributed by atoms with E-state index in [0.717, 1.165) is 17.0 Å². The lowest BCUT2D eigenvalue weighted by molar-refractivity contribution is 0.553. The summed E-state index contributed by atoms with van der Waals surface area (Å²) in [6.45, 7) is 49.0. The number of rotatable bonds is 2. The van der Waals surface area contributed by atoms with Crippen molar-refractivity contribution in [2.24, 2.45) is 0 Å². The van der Waals surface area contributed by atoms with Crippen LogP contribution in [0.25, 0.3) is 77.3 Å². The number of hydrogen-bond donors (Lipinski definition) is 0. The molecule has 0 atom stereocenters. The first-order valence-corrected chi connectivity index (χ1v) is 28.5. The first-order chi connectivity index (χ1) is 35.6. The third kappa shape index (κ3) is 7.89. The first-order valence-electron chi connectivity index (χ1n) is 28.5. The van der Waals surface area contributed by atoms with Crippen molar-refractivity contribution in [1.29, 1.82) is 0 Å². The van der Waals surface area contributed by atoms with Gasteiger partial charge < -0.3 is 18.4 Å². The van der Waals surface area contributed by atoms with Gasteiger partial charge in [0.05, 0.1) is 27.8 Å². The summed E-state index contributed by atoms with van der Waals surface area (Å²) in [6, 6.07) is 46.2. The van der Waals surface area contributed by atoms with Crippen molar-refractivity contribution in [3.05, 3.63) is 154 Å². The molecule has 0 saturated carbocycles. The Kier molecular flexibility index (Phi) is 10.7. The number of benzene rings is 7. The lowest BCUT2D eigenvalue weighted by Gasteiger charge is -2.41. The van der Waals surface area contributed by atoms with Gasteiger partial charge in [0, 0.05) is 55.1 Å². The van der Waals surface area contributed by atoms with Gasteiger partial charge in [-0.15, -0.1) is 0 Å². The molecule has 0 saturated heterocycles. The number of nitrogens with zero attached hydrogens (tertiary/aromatic N) is 3. The maximum Gasteiger partial charge on any atom is 0.333 e. The Labute approximate surface area is 460 Å². The Hall–Kier alpha value is -6.46. The van der Waals surface area contributed by atoms with Gasteiger partial charge in [-0.25, -0.2) is 0 Å². The van der Waals surface area contributed by atoms with Gasteiger partial charge in [0.25, 0.3) is 0 Å². The van der Waals surface area contributed by atoms with E-state index in [9.17, 15) is 0 Å². The molecule has 77 heavy (non-hydrogen) atoms. The predicted molar refractivity (Wildman–Crippen MR) is 335 cm³/mol. The van der Waals surface area contributed by atoms with E-state index in [1.807, 2.05) is 0 Å². The second kappa shape index (κ2) is 16.1. The van der Waals surface area contributed by atoms with E-state index >= 15 is 0 Å². The van der Waals surface area contributed by atoms with Crippen LogP contribution in [0.5, 0.6) is 0 Å². The van der Waals surface area contributed by atoms with Gasteiger partial charge in [-0.05, 0) is 155 Å². The summed E-state index contributed by atoms with van der Waals surface area (Å²) < 4.78 is 12.9. The molecule has 0 spiro atoms. The van der Waals surface area contributed by atoms with Gasteiger partial charge in [0.1, 0.15) is 5.58 Å². The highest BCUT2D eigenvalue weighted by molar-refractivity contribution is 6.93. The molecule has 5 heterocycles. The number of furan rings is 1. The fourth-order valence-corrected chi connectivity index (χ4v) is 12.7. The highest BCUT2D eigenvalue weighted by Crippen LogP contribution is 2.53. The Bertz CT molecular complexity index is 4100. The molecule has 3 aromatic heterocycles.